The Morgan fingerprint density at radius 2 is 1.80 bits per heavy atom. The van der Waals surface area contributed by atoms with Gasteiger partial charge in [0.25, 0.3) is 11.8 Å². The number of ether oxygens (including phenoxy) is 1. The molecule has 1 fully saturated rings. The van der Waals surface area contributed by atoms with Gasteiger partial charge in [0.2, 0.25) is 0 Å². The highest BCUT2D eigenvalue weighted by Crippen LogP contribution is 2.31. The van der Waals surface area contributed by atoms with E-state index in [4.69, 9.17) is 4.74 Å². The molecule has 1 aliphatic rings. The number of carbonyl (C=O) groups is 2. The van der Waals surface area contributed by atoms with E-state index in [0.29, 0.717) is 17.0 Å². The van der Waals surface area contributed by atoms with E-state index in [2.05, 4.69) is 50.6 Å². The van der Waals surface area contributed by atoms with Gasteiger partial charge in [-0.05, 0) is 82.4 Å². The van der Waals surface area contributed by atoms with Crippen LogP contribution in [-0.4, -0.2) is 18.9 Å². The summed E-state index contributed by atoms with van der Waals surface area (Å²) in [5.41, 5.74) is 5.09. The molecule has 0 bridgehead atoms. The number of hydrogen-bond donors (Lipinski definition) is 1. The third-order valence-electron chi connectivity index (χ3n) is 3.72. The minimum atomic E-state index is -0.429. The van der Waals surface area contributed by atoms with Gasteiger partial charge >= 0.3 is 0 Å². The molecule has 0 aliphatic carbocycles. The normalized spacial score (nSPS) is 15.7. The van der Waals surface area contributed by atoms with Crippen molar-refractivity contribution < 1.29 is 14.3 Å². The van der Waals surface area contributed by atoms with Crippen LogP contribution in [0.4, 0.5) is 5.69 Å². The molecule has 2 aromatic carbocycles. The lowest BCUT2D eigenvalue weighted by Crippen LogP contribution is -2.35. The number of amides is 2. The lowest BCUT2D eigenvalue weighted by Gasteiger charge is -2.14. The van der Waals surface area contributed by atoms with Crippen molar-refractivity contribution in [3.05, 3.63) is 60.2 Å². The number of methoxy groups -OCH3 is 1. The molecule has 128 valence electrons. The summed E-state index contributed by atoms with van der Waals surface area (Å²) in [6.07, 6.45) is 1.58. The maximum Gasteiger partial charge on any atom is 0.282 e. The molecule has 0 unspecified atom stereocenters. The van der Waals surface area contributed by atoms with E-state index in [1.165, 1.54) is 5.01 Å². The first kappa shape index (κ1) is 18.2. The lowest BCUT2D eigenvalue weighted by molar-refractivity contribution is -0.117. The molecule has 0 aromatic heterocycles. The van der Waals surface area contributed by atoms with E-state index in [1.807, 2.05) is 31.2 Å². The monoisotopic (exact) mass is 560 g/mol. The molecule has 2 aromatic rings. The highest BCUT2D eigenvalue weighted by Gasteiger charge is 2.34. The van der Waals surface area contributed by atoms with Crippen LogP contribution in [0.2, 0.25) is 0 Å². The number of rotatable bonds is 3. The second kappa shape index (κ2) is 7.32. The average molecular weight is 560 g/mol. The quantitative estimate of drug-likeness (QED) is 0.355. The standard InChI is InChI=1S/C18H14I2N2O3/c1-10-3-5-13(6-4-10)22-18(24)14(17(23)21-22)8-11-7-12(19)9-15(20)16(11)25-2/h3-9H,1-2H3,(H,21,23)/b14-8-. The van der Waals surface area contributed by atoms with Gasteiger partial charge in [0.15, 0.2) is 0 Å². The van der Waals surface area contributed by atoms with Crippen molar-refractivity contribution in [3.63, 3.8) is 0 Å². The molecule has 1 aliphatic heterocycles. The lowest BCUT2D eigenvalue weighted by atomic mass is 10.1. The molecule has 2 amide bonds. The second-order valence-electron chi connectivity index (χ2n) is 5.49. The van der Waals surface area contributed by atoms with Gasteiger partial charge in [-0.25, -0.2) is 5.01 Å². The summed E-state index contributed by atoms with van der Waals surface area (Å²) in [5, 5.41) is 1.26. The Balaban J connectivity index is 2.01. The zero-order chi connectivity index (χ0) is 18.1. The molecule has 1 saturated heterocycles. The average Bonchev–Trinajstić information content (AvgIpc) is 2.83. The molecule has 0 radical (unpaired) electrons. The molecule has 3 rings (SSSR count). The largest absolute Gasteiger partial charge is 0.495 e. The van der Waals surface area contributed by atoms with E-state index in [-0.39, 0.29) is 11.5 Å². The first-order valence-corrected chi connectivity index (χ1v) is 9.53. The van der Waals surface area contributed by atoms with Crippen LogP contribution in [0.5, 0.6) is 5.75 Å². The fourth-order valence-corrected chi connectivity index (χ4v) is 4.60. The van der Waals surface area contributed by atoms with Crippen molar-refractivity contribution in [2.45, 2.75) is 6.92 Å². The summed E-state index contributed by atoms with van der Waals surface area (Å²) >= 11 is 4.36. The Hall–Kier alpha value is -1.62. The number of benzene rings is 2. The van der Waals surface area contributed by atoms with E-state index in [0.717, 1.165) is 12.7 Å². The molecular weight excluding hydrogens is 546 g/mol. The van der Waals surface area contributed by atoms with Gasteiger partial charge in [-0.2, -0.15) is 0 Å². The van der Waals surface area contributed by atoms with Crippen LogP contribution >= 0.6 is 45.2 Å². The van der Waals surface area contributed by atoms with Crippen molar-refractivity contribution in [1.29, 1.82) is 0 Å². The predicted octanol–water partition coefficient (Wildman–Crippen LogP) is 3.67. The first-order chi connectivity index (χ1) is 11.9. The van der Waals surface area contributed by atoms with Crippen molar-refractivity contribution in [3.8, 4) is 5.75 Å². The van der Waals surface area contributed by atoms with Crippen LogP contribution < -0.4 is 15.2 Å². The summed E-state index contributed by atoms with van der Waals surface area (Å²) in [5.74, 6) is -0.172. The Bertz CT molecular complexity index is 892. The summed E-state index contributed by atoms with van der Waals surface area (Å²) < 4.78 is 7.34. The number of carbonyl (C=O) groups excluding carboxylic acids is 2. The summed E-state index contributed by atoms with van der Waals surface area (Å²) in [7, 11) is 1.57. The van der Waals surface area contributed by atoms with Gasteiger partial charge in [0, 0.05) is 9.13 Å². The number of aryl methyl sites for hydroxylation is 1. The molecule has 7 heteroatoms. The summed E-state index contributed by atoms with van der Waals surface area (Å²) in [6.45, 7) is 1.96. The Kier molecular flexibility index (Phi) is 5.32. The van der Waals surface area contributed by atoms with Crippen LogP contribution in [0.1, 0.15) is 11.1 Å². The molecule has 0 atom stereocenters. The summed E-state index contributed by atoms with van der Waals surface area (Å²) in [6, 6.07) is 11.2. The molecule has 1 N–H and O–H groups in total. The fourth-order valence-electron chi connectivity index (χ4n) is 2.49. The van der Waals surface area contributed by atoms with Crippen LogP contribution in [0.3, 0.4) is 0 Å². The van der Waals surface area contributed by atoms with Crippen molar-refractivity contribution >= 4 is 68.8 Å². The Labute approximate surface area is 172 Å². The third kappa shape index (κ3) is 3.66. The number of nitrogens with zero attached hydrogens (tertiary/aromatic N) is 1. The highest BCUT2D eigenvalue weighted by molar-refractivity contribution is 14.1. The van der Waals surface area contributed by atoms with Crippen molar-refractivity contribution in [2.75, 3.05) is 12.1 Å². The fraction of sp³-hybridized carbons (Fsp3) is 0.111. The minimum absolute atomic E-state index is 0.0803. The van der Waals surface area contributed by atoms with Crippen molar-refractivity contribution in [2.24, 2.45) is 0 Å². The predicted molar refractivity (Wildman–Crippen MR) is 113 cm³/mol. The maximum absolute atomic E-state index is 12.7. The molecule has 5 nitrogen and oxygen atoms in total. The third-order valence-corrected chi connectivity index (χ3v) is 5.15. The zero-order valence-corrected chi connectivity index (χ0v) is 17.8. The Morgan fingerprint density at radius 3 is 2.44 bits per heavy atom. The maximum atomic E-state index is 12.7. The number of nitrogens with one attached hydrogen (secondary N) is 1. The van der Waals surface area contributed by atoms with Crippen LogP contribution in [-0.2, 0) is 9.59 Å². The molecule has 1 heterocycles. The van der Waals surface area contributed by atoms with Gasteiger partial charge in [-0.3, -0.25) is 15.0 Å². The molecule has 0 saturated carbocycles. The van der Waals surface area contributed by atoms with Gasteiger partial charge in [-0.1, -0.05) is 17.7 Å². The van der Waals surface area contributed by atoms with E-state index in [9.17, 15) is 9.59 Å². The van der Waals surface area contributed by atoms with E-state index < -0.39 is 5.91 Å². The van der Waals surface area contributed by atoms with Crippen molar-refractivity contribution in [1.82, 2.24) is 5.43 Å². The Morgan fingerprint density at radius 1 is 1.12 bits per heavy atom. The summed E-state index contributed by atoms with van der Waals surface area (Å²) in [4.78, 5) is 25.0. The number of anilines is 1. The van der Waals surface area contributed by atoms with Gasteiger partial charge in [-0.15, -0.1) is 0 Å². The zero-order valence-electron chi connectivity index (χ0n) is 13.5. The molecular formula is C18H14I2N2O3. The van der Waals surface area contributed by atoms with Crippen LogP contribution in [0.25, 0.3) is 6.08 Å². The minimum Gasteiger partial charge on any atom is -0.495 e. The number of hydrogen-bond acceptors (Lipinski definition) is 3. The smallest absolute Gasteiger partial charge is 0.282 e. The highest BCUT2D eigenvalue weighted by atomic mass is 127. The number of hydrazine groups is 1. The van der Waals surface area contributed by atoms with Gasteiger partial charge in [0.05, 0.1) is 16.4 Å². The topological polar surface area (TPSA) is 58.6 Å². The van der Waals surface area contributed by atoms with E-state index >= 15 is 0 Å². The molecule has 0 spiro atoms. The van der Waals surface area contributed by atoms with E-state index in [1.54, 1.807) is 25.3 Å². The second-order valence-corrected chi connectivity index (χ2v) is 7.89. The van der Waals surface area contributed by atoms with Crippen LogP contribution in [0.15, 0.2) is 42.0 Å². The van der Waals surface area contributed by atoms with Gasteiger partial charge in [0.1, 0.15) is 11.3 Å². The SMILES string of the molecule is COc1c(I)cc(I)cc1/C=C1/C(=O)NN(c2ccc(C)cc2)C1=O. The number of halogens is 2. The van der Waals surface area contributed by atoms with Crippen LogP contribution in [0, 0.1) is 14.1 Å². The molecule has 25 heavy (non-hydrogen) atoms. The van der Waals surface area contributed by atoms with Gasteiger partial charge < -0.3 is 4.74 Å². The first-order valence-electron chi connectivity index (χ1n) is 7.37.